The fourth-order valence-corrected chi connectivity index (χ4v) is 2.23. The first-order valence-corrected chi connectivity index (χ1v) is 7.21. The van der Waals surface area contributed by atoms with E-state index in [4.69, 9.17) is 4.74 Å². The maximum Gasteiger partial charge on any atom is 0.225 e. The quantitative estimate of drug-likeness (QED) is 0.900. The van der Waals surface area contributed by atoms with Gasteiger partial charge in [-0.1, -0.05) is 38.5 Å². The van der Waals surface area contributed by atoms with Gasteiger partial charge in [0.05, 0.1) is 6.10 Å². The number of nitrogens with zero attached hydrogens (tertiary/aromatic N) is 1. The number of pyridine rings is 1. The zero-order chi connectivity index (χ0) is 15.6. The minimum Gasteiger partial charge on any atom is -0.438 e. The molecule has 0 fully saturated rings. The number of aromatic nitrogens is 1. The molecule has 1 heterocycles. The number of aliphatic hydroxyl groups excluding tert-OH is 1. The summed E-state index contributed by atoms with van der Waals surface area (Å²) in [5.41, 5.74) is 2.99. The molecule has 1 aromatic carbocycles. The monoisotopic (exact) mass is 285 g/mol. The average molecular weight is 285 g/mol. The molecule has 1 atom stereocenters. The van der Waals surface area contributed by atoms with Crippen LogP contribution in [0.5, 0.6) is 11.6 Å². The van der Waals surface area contributed by atoms with Crippen LogP contribution in [-0.4, -0.2) is 10.1 Å². The largest absolute Gasteiger partial charge is 0.438 e. The van der Waals surface area contributed by atoms with Crippen molar-refractivity contribution in [1.29, 1.82) is 0 Å². The Morgan fingerprint density at radius 2 is 1.90 bits per heavy atom. The van der Waals surface area contributed by atoms with Crippen LogP contribution in [0, 0.1) is 6.92 Å². The SMILES string of the molecule is Cc1ccc(Oc2ncccc2[C@@H](C)O)c(C(C)(C)C)c1. The van der Waals surface area contributed by atoms with Gasteiger partial charge in [-0.15, -0.1) is 0 Å². The molecule has 1 aromatic heterocycles. The molecule has 0 aliphatic carbocycles. The molecular formula is C18H23NO2. The maximum absolute atomic E-state index is 9.84. The molecule has 0 saturated heterocycles. The van der Waals surface area contributed by atoms with E-state index in [2.05, 4.69) is 38.7 Å². The van der Waals surface area contributed by atoms with Gasteiger partial charge in [-0.2, -0.15) is 0 Å². The second-order valence-electron chi connectivity index (χ2n) is 6.43. The van der Waals surface area contributed by atoms with Gasteiger partial charge in [-0.05, 0) is 37.5 Å². The van der Waals surface area contributed by atoms with Crippen LogP contribution in [0.3, 0.4) is 0 Å². The molecule has 0 saturated carbocycles. The van der Waals surface area contributed by atoms with Gasteiger partial charge in [0.15, 0.2) is 0 Å². The Morgan fingerprint density at radius 3 is 2.52 bits per heavy atom. The lowest BCUT2D eigenvalue weighted by atomic mass is 9.85. The molecule has 2 aromatic rings. The fourth-order valence-electron chi connectivity index (χ4n) is 2.23. The third kappa shape index (κ3) is 3.61. The molecule has 112 valence electrons. The maximum atomic E-state index is 9.84. The van der Waals surface area contributed by atoms with Crippen molar-refractivity contribution in [3.05, 3.63) is 53.2 Å². The van der Waals surface area contributed by atoms with Crippen molar-refractivity contribution in [3.63, 3.8) is 0 Å². The smallest absolute Gasteiger partial charge is 0.225 e. The topological polar surface area (TPSA) is 42.4 Å². The fraction of sp³-hybridized carbons (Fsp3) is 0.389. The third-order valence-corrected chi connectivity index (χ3v) is 3.40. The van der Waals surface area contributed by atoms with Gasteiger partial charge < -0.3 is 9.84 Å². The minimum atomic E-state index is -0.614. The molecule has 3 nitrogen and oxygen atoms in total. The van der Waals surface area contributed by atoms with Gasteiger partial charge in [0, 0.05) is 17.3 Å². The van der Waals surface area contributed by atoms with Crippen molar-refractivity contribution in [2.75, 3.05) is 0 Å². The zero-order valence-electron chi connectivity index (χ0n) is 13.3. The van der Waals surface area contributed by atoms with E-state index in [0.29, 0.717) is 11.4 Å². The molecule has 0 aliphatic rings. The first-order valence-electron chi connectivity index (χ1n) is 7.21. The standard InChI is InChI=1S/C18H23NO2/c1-12-8-9-16(15(11-12)18(3,4)5)21-17-14(13(2)20)7-6-10-19-17/h6-11,13,20H,1-5H3/t13-/m1/s1. The zero-order valence-corrected chi connectivity index (χ0v) is 13.3. The predicted octanol–water partition coefficient (Wildman–Crippen LogP) is 4.53. The van der Waals surface area contributed by atoms with Crippen molar-refractivity contribution >= 4 is 0 Å². The number of rotatable bonds is 3. The summed E-state index contributed by atoms with van der Waals surface area (Å²) in [5.74, 6) is 1.25. The Kier molecular flexibility index (Phi) is 4.33. The van der Waals surface area contributed by atoms with Gasteiger partial charge in [0.1, 0.15) is 5.75 Å². The summed E-state index contributed by atoms with van der Waals surface area (Å²) in [6.45, 7) is 10.2. The van der Waals surface area contributed by atoms with Gasteiger partial charge >= 0.3 is 0 Å². The first kappa shape index (κ1) is 15.5. The van der Waals surface area contributed by atoms with Gasteiger partial charge in [-0.3, -0.25) is 0 Å². The summed E-state index contributed by atoms with van der Waals surface area (Å²) in [6.07, 6.45) is 1.06. The van der Waals surface area contributed by atoms with Crippen LogP contribution in [0.15, 0.2) is 36.5 Å². The lowest BCUT2D eigenvalue weighted by Gasteiger charge is -2.23. The van der Waals surface area contributed by atoms with E-state index in [1.54, 1.807) is 19.2 Å². The molecule has 21 heavy (non-hydrogen) atoms. The van der Waals surface area contributed by atoms with Crippen LogP contribution in [-0.2, 0) is 5.41 Å². The van der Waals surface area contributed by atoms with Crippen LogP contribution >= 0.6 is 0 Å². The number of aliphatic hydroxyl groups is 1. The molecule has 3 heteroatoms. The molecule has 0 spiro atoms. The highest BCUT2D eigenvalue weighted by molar-refractivity contribution is 5.44. The van der Waals surface area contributed by atoms with E-state index in [9.17, 15) is 5.11 Å². The van der Waals surface area contributed by atoms with Crippen LogP contribution in [0.2, 0.25) is 0 Å². The molecule has 0 radical (unpaired) electrons. The second-order valence-corrected chi connectivity index (χ2v) is 6.43. The highest BCUT2D eigenvalue weighted by atomic mass is 16.5. The number of hydrogen-bond donors (Lipinski definition) is 1. The number of ether oxygens (including phenoxy) is 1. The van der Waals surface area contributed by atoms with Crippen LogP contribution in [0.25, 0.3) is 0 Å². The summed E-state index contributed by atoms with van der Waals surface area (Å²) >= 11 is 0. The predicted molar refractivity (Wildman–Crippen MR) is 84.8 cm³/mol. The molecule has 0 unspecified atom stereocenters. The highest BCUT2D eigenvalue weighted by Gasteiger charge is 2.21. The van der Waals surface area contributed by atoms with E-state index in [0.717, 1.165) is 11.3 Å². The van der Waals surface area contributed by atoms with E-state index in [1.807, 2.05) is 18.2 Å². The van der Waals surface area contributed by atoms with E-state index >= 15 is 0 Å². The number of hydrogen-bond acceptors (Lipinski definition) is 3. The van der Waals surface area contributed by atoms with Crippen molar-refractivity contribution in [3.8, 4) is 11.6 Å². The molecule has 2 rings (SSSR count). The van der Waals surface area contributed by atoms with Gasteiger partial charge in [-0.25, -0.2) is 4.98 Å². The van der Waals surface area contributed by atoms with E-state index in [1.165, 1.54) is 5.56 Å². The summed E-state index contributed by atoms with van der Waals surface area (Å²) in [5, 5.41) is 9.84. The normalized spacial score (nSPS) is 13.0. The Morgan fingerprint density at radius 1 is 1.19 bits per heavy atom. The Hall–Kier alpha value is -1.87. The summed E-state index contributed by atoms with van der Waals surface area (Å²) in [4.78, 5) is 4.26. The van der Waals surface area contributed by atoms with Crippen LogP contribution < -0.4 is 4.74 Å². The Bertz CT molecular complexity index is 627. The summed E-state index contributed by atoms with van der Waals surface area (Å²) in [6, 6.07) is 9.76. The molecular weight excluding hydrogens is 262 g/mol. The third-order valence-electron chi connectivity index (χ3n) is 3.40. The van der Waals surface area contributed by atoms with E-state index < -0.39 is 6.10 Å². The average Bonchev–Trinajstić information content (AvgIpc) is 2.40. The lowest BCUT2D eigenvalue weighted by molar-refractivity contribution is 0.194. The van der Waals surface area contributed by atoms with Crippen LogP contribution in [0.4, 0.5) is 0 Å². The Labute approximate surface area is 126 Å². The summed E-state index contributed by atoms with van der Waals surface area (Å²) < 4.78 is 6.01. The van der Waals surface area contributed by atoms with Crippen molar-refractivity contribution in [1.82, 2.24) is 4.98 Å². The Balaban J connectivity index is 2.46. The minimum absolute atomic E-state index is 0.0267. The molecule has 0 aliphatic heterocycles. The second kappa shape index (κ2) is 5.86. The first-order chi connectivity index (χ1) is 9.79. The van der Waals surface area contributed by atoms with Crippen LogP contribution in [0.1, 0.15) is 50.5 Å². The number of aryl methyl sites for hydroxylation is 1. The molecule has 1 N–H and O–H groups in total. The van der Waals surface area contributed by atoms with E-state index in [-0.39, 0.29) is 5.41 Å². The highest BCUT2D eigenvalue weighted by Crippen LogP contribution is 2.36. The van der Waals surface area contributed by atoms with Crippen molar-refractivity contribution < 1.29 is 9.84 Å². The van der Waals surface area contributed by atoms with Crippen molar-refractivity contribution in [2.45, 2.75) is 46.1 Å². The number of benzene rings is 1. The van der Waals surface area contributed by atoms with Crippen molar-refractivity contribution in [2.24, 2.45) is 0 Å². The lowest BCUT2D eigenvalue weighted by Crippen LogP contribution is -2.13. The van der Waals surface area contributed by atoms with Gasteiger partial charge in [0.25, 0.3) is 0 Å². The summed E-state index contributed by atoms with van der Waals surface area (Å²) in [7, 11) is 0. The molecule has 0 bridgehead atoms. The van der Waals surface area contributed by atoms with Gasteiger partial charge in [0.2, 0.25) is 5.88 Å². The molecule has 0 amide bonds.